The van der Waals surface area contributed by atoms with Gasteiger partial charge in [-0.25, -0.2) is 4.90 Å². The monoisotopic (exact) mass is 438 g/mol. The lowest BCUT2D eigenvalue weighted by Gasteiger charge is -2.16. The van der Waals surface area contributed by atoms with Gasteiger partial charge in [-0.3, -0.25) is 9.59 Å². The van der Waals surface area contributed by atoms with E-state index >= 15 is 0 Å². The topological polar surface area (TPSA) is 58.6 Å². The Kier molecular flexibility index (Phi) is 5.48. The molecular weight excluding hydrogens is 423 g/mol. The van der Waals surface area contributed by atoms with Crippen molar-refractivity contribution in [2.75, 3.05) is 17.3 Å². The Morgan fingerprint density at radius 3 is 2.13 bits per heavy atom. The van der Waals surface area contributed by atoms with Crippen molar-refractivity contribution in [1.29, 1.82) is 0 Å². The lowest BCUT2D eigenvalue weighted by molar-refractivity contribution is -0.120. The highest BCUT2D eigenvalue weighted by Crippen LogP contribution is 2.37. The number of halogens is 2. The van der Waals surface area contributed by atoms with Gasteiger partial charge >= 0.3 is 0 Å². The number of anilines is 2. The van der Waals surface area contributed by atoms with Gasteiger partial charge in [-0.15, -0.1) is 0 Å². The number of hydrogen-bond acceptors (Lipinski definition) is 4. The summed E-state index contributed by atoms with van der Waals surface area (Å²) in [4.78, 5) is 27.8. The Morgan fingerprint density at radius 1 is 0.833 bits per heavy atom. The fourth-order valence-electron chi connectivity index (χ4n) is 3.30. The first-order valence-corrected chi connectivity index (χ1v) is 9.80. The molecule has 1 aliphatic heterocycles. The smallest absolute Gasteiger partial charge is 0.282 e. The van der Waals surface area contributed by atoms with Crippen molar-refractivity contribution in [3.63, 3.8) is 0 Å². The van der Waals surface area contributed by atoms with Crippen LogP contribution in [0.5, 0.6) is 5.75 Å². The number of imide groups is 1. The molecule has 1 aliphatic rings. The summed E-state index contributed by atoms with van der Waals surface area (Å²) in [6.45, 7) is 0. The molecule has 1 N–H and O–H groups in total. The highest BCUT2D eigenvalue weighted by molar-refractivity contribution is 6.46. The van der Waals surface area contributed by atoms with Gasteiger partial charge < -0.3 is 10.1 Å². The maximum Gasteiger partial charge on any atom is 0.282 e. The van der Waals surface area contributed by atoms with Crippen molar-refractivity contribution in [2.45, 2.75) is 0 Å². The number of nitrogens with zero attached hydrogens (tertiary/aromatic N) is 1. The van der Waals surface area contributed by atoms with Gasteiger partial charge in [0.25, 0.3) is 11.8 Å². The van der Waals surface area contributed by atoms with Gasteiger partial charge in [0, 0.05) is 10.0 Å². The Labute approximate surface area is 183 Å². The predicted molar refractivity (Wildman–Crippen MR) is 119 cm³/mol. The van der Waals surface area contributed by atoms with Crippen molar-refractivity contribution in [1.82, 2.24) is 0 Å². The molecular formula is C23H16Cl2N2O3. The summed E-state index contributed by atoms with van der Waals surface area (Å²) in [6.07, 6.45) is 0. The van der Waals surface area contributed by atoms with E-state index in [0.29, 0.717) is 32.7 Å². The molecule has 150 valence electrons. The molecule has 2 amide bonds. The SMILES string of the molecule is COc1ccccc1NC1=C(c2ccccc2)C(=O)N(c2cc(Cl)cc(Cl)c2)C1=O. The van der Waals surface area contributed by atoms with Crippen LogP contribution in [0, 0.1) is 0 Å². The third-order valence-electron chi connectivity index (χ3n) is 4.62. The number of para-hydroxylation sites is 2. The minimum Gasteiger partial charge on any atom is -0.495 e. The van der Waals surface area contributed by atoms with Crippen molar-refractivity contribution in [2.24, 2.45) is 0 Å². The second-order valence-electron chi connectivity index (χ2n) is 6.51. The Hall–Kier alpha value is -3.28. The summed E-state index contributed by atoms with van der Waals surface area (Å²) in [6, 6.07) is 20.8. The lowest BCUT2D eigenvalue weighted by Crippen LogP contribution is -2.32. The normalized spacial score (nSPS) is 13.8. The molecule has 1 heterocycles. The summed E-state index contributed by atoms with van der Waals surface area (Å²) in [5.41, 5.74) is 1.88. The second kappa shape index (κ2) is 8.22. The molecule has 0 bridgehead atoms. The average molecular weight is 439 g/mol. The van der Waals surface area contributed by atoms with Crippen LogP contribution < -0.4 is 15.0 Å². The zero-order valence-corrected chi connectivity index (χ0v) is 17.4. The third kappa shape index (κ3) is 3.65. The van der Waals surface area contributed by atoms with E-state index in [2.05, 4.69) is 5.32 Å². The zero-order valence-electron chi connectivity index (χ0n) is 15.9. The highest BCUT2D eigenvalue weighted by atomic mass is 35.5. The summed E-state index contributed by atoms with van der Waals surface area (Å²) < 4.78 is 5.37. The minimum atomic E-state index is -0.511. The van der Waals surface area contributed by atoms with Crippen LogP contribution in [0.1, 0.15) is 5.56 Å². The van der Waals surface area contributed by atoms with Gasteiger partial charge in [0.05, 0.1) is 24.1 Å². The summed E-state index contributed by atoms with van der Waals surface area (Å²) >= 11 is 12.2. The maximum atomic E-state index is 13.4. The highest BCUT2D eigenvalue weighted by Gasteiger charge is 2.40. The van der Waals surface area contributed by atoms with Crippen LogP contribution >= 0.6 is 23.2 Å². The number of rotatable bonds is 5. The number of methoxy groups -OCH3 is 1. The molecule has 0 atom stereocenters. The molecule has 0 saturated carbocycles. The van der Waals surface area contributed by atoms with Crippen molar-refractivity contribution >= 4 is 52.0 Å². The summed E-state index contributed by atoms with van der Waals surface area (Å²) in [7, 11) is 1.54. The molecule has 3 aromatic rings. The largest absolute Gasteiger partial charge is 0.495 e. The second-order valence-corrected chi connectivity index (χ2v) is 7.39. The van der Waals surface area contributed by atoms with E-state index < -0.39 is 11.8 Å². The van der Waals surface area contributed by atoms with Gasteiger partial charge in [0.2, 0.25) is 0 Å². The van der Waals surface area contributed by atoms with E-state index in [1.807, 2.05) is 18.2 Å². The molecule has 30 heavy (non-hydrogen) atoms. The van der Waals surface area contributed by atoms with Crippen molar-refractivity contribution in [3.05, 3.63) is 94.1 Å². The van der Waals surface area contributed by atoms with Crippen LogP contribution in [0.4, 0.5) is 11.4 Å². The molecule has 0 aliphatic carbocycles. The first-order chi connectivity index (χ1) is 14.5. The van der Waals surface area contributed by atoms with E-state index in [-0.39, 0.29) is 11.3 Å². The standard InChI is InChI=1S/C23H16Cl2N2O3/c1-30-19-10-6-5-9-18(19)26-21-20(14-7-3-2-4-8-14)22(28)27(23(21)29)17-12-15(24)11-16(25)13-17/h2-13,26H,1H3. The Bertz CT molecular complexity index is 1160. The molecule has 5 nitrogen and oxygen atoms in total. The zero-order chi connectivity index (χ0) is 21.3. The average Bonchev–Trinajstić information content (AvgIpc) is 2.98. The molecule has 0 fully saturated rings. The van der Waals surface area contributed by atoms with E-state index in [9.17, 15) is 9.59 Å². The molecule has 4 rings (SSSR count). The van der Waals surface area contributed by atoms with E-state index in [1.165, 1.54) is 25.3 Å². The fourth-order valence-corrected chi connectivity index (χ4v) is 3.82. The Morgan fingerprint density at radius 2 is 1.47 bits per heavy atom. The minimum absolute atomic E-state index is 0.145. The first-order valence-electron chi connectivity index (χ1n) is 9.04. The molecule has 0 spiro atoms. The molecule has 3 aromatic carbocycles. The van der Waals surface area contributed by atoms with E-state index in [4.69, 9.17) is 27.9 Å². The summed E-state index contributed by atoms with van der Waals surface area (Å²) in [5, 5.41) is 3.74. The molecule has 0 radical (unpaired) electrons. The van der Waals surface area contributed by atoms with E-state index in [1.54, 1.807) is 36.4 Å². The van der Waals surface area contributed by atoms with Crippen molar-refractivity contribution < 1.29 is 14.3 Å². The van der Waals surface area contributed by atoms with Crippen LogP contribution in [0.3, 0.4) is 0 Å². The van der Waals surface area contributed by atoms with Crippen LogP contribution in [-0.2, 0) is 9.59 Å². The number of benzene rings is 3. The summed E-state index contributed by atoms with van der Waals surface area (Å²) in [5.74, 6) is -0.438. The number of amides is 2. The number of carbonyl (C=O) groups is 2. The van der Waals surface area contributed by atoms with Gasteiger partial charge in [-0.05, 0) is 35.9 Å². The van der Waals surface area contributed by atoms with Crippen LogP contribution in [0.2, 0.25) is 10.0 Å². The number of carbonyl (C=O) groups excluding carboxylic acids is 2. The maximum absolute atomic E-state index is 13.4. The van der Waals surface area contributed by atoms with Gasteiger partial charge in [0.1, 0.15) is 11.4 Å². The number of ether oxygens (including phenoxy) is 1. The first kappa shape index (κ1) is 20.0. The predicted octanol–water partition coefficient (Wildman–Crippen LogP) is 5.40. The molecule has 7 heteroatoms. The number of nitrogens with one attached hydrogen (secondary N) is 1. The number of hydrogen-bond donors (Lipinski definition) is 1. The molecule has 0 saturated heterocycles. The lowest BCUT2D eigenvalue weighted by atomic mass is 10.0. The van der Waals surface area contributed by atoms with Crippen molar-refractivity contribution in [3.8, 4) is 5.75 Å². The quantitative estimate of drug-likeness (QED) is 0.541. The molecule has 0 unspecified atom stereocenters. The van der Waals surface area contributed by atoms with Gasteiger partial charge in [-0.2, -0.15) is 0 Å². The van der Waals surface area contributed by atoms with Gasteiger partial charge in [0.15, 0.2) is 0 Å². The Balaban J connectivity index is 1.85. The molecule has 0 aromatic heterocycles. The van der Waals surface area contributed by atoms with Crippen LogP contribution in [0.15, 0.2) is 78.5 Å². The van der Waals surface area contributed by atoms with Crippen LogP contribution in [0.25, 0.3) is 5.57 Å². The third-order valence-corrected chi connectivity index (χ3v) is 5.05. The van der Waals surface area contributed by atoms with Crippen LogP contribution in [-0.4, -0.2) is 18.9 Å². The van der Waals surface area contributed by atoms with Gasteiger partial charge in [-0.1, -0.05) is 65.7 Å². The fraction of sp³-hybridized carbons (Fsp3) is 0.0435. The van der Waals surface area contributed by atoms with E-state index in [0.717, 1.165) is 4.90 Å².